The minimum atomic E-state index is -0.595. The highest BCUT2D eigenvalue weighted by Crippen LogP contribution is 2.20. The first-order valence-electron chi connectivity index (χ1n) is 8.70. The maximum atomic E-state index is 13.1. The molecule has 1 heterocycles. The minimum absolute atomic E-state index is 0.238. The number of hydrogen-bond donors (Lipinski definition) is 0. The second kappa shape index (κ2) is 8.30. The molecule has 3 rings (SSSR count). The van der Waals surface area contributed by atoms with Gasteiger partial charge in [-0.25, -0.2) is 0 Å². The Labute approximate surface area is 161 Å². The molecule has 7 heteroatoms. The van der Waals surface area contributed by atoms with E-state index in [1.54, 1.807) is 4.90 Å². The van der Waals surface area contributed by atoms with Gasteiger partial charge in [0.2, 0.25) is 5.91 Å². The first-order valence-corrected chi connectivity index (χ1v) is 8.70. The summed E-state index contributed by atoms with van der Waals surface area (Å²) in [5, 5.41) is 11.0. The number of nitro groups is 1. The van der Waals surface area contributed by atoms with Gasteiger partial charge in [-0.2, -0.15) is 0 Å². The van der Waals surface area contributed by atoms with E-state index in [4.69, 9.17) is 0 Å². The van der Waals surface area contributed by atoms with Gasteiger partial charge in [0, 0.05) is 17.8 Å². The van der Waals surface area contributed by atoms with Crippen LogP contribution in [-0.2, 0) is 17.9 Å². The fourth-order valence-corrected chi connectivity index (χ4v) is 2.87. The molecular weight excluding hydrogens is 358 g/mol. The molecule has 1 aromatic heterocycles. The number of rotatable bonds is 6. The summed E-state index contributed by atoms with van der Waals surface area (Å²) in [6, 6.07) is 19.2. The lowest BCUT2D eigenvalue weighted by molar-refractivity contribution is -0.385. The Morgan fingerprint density at radius 3 is 2.50 bits per heavy atom. The summed E-state index contributed by atoms with van der Waals surface area (Å²) in [6.07, 6.45) is 1.09. The van der Waals surface area contributed by atoms with Crippen LogP contribution in [0.4, 0.5) is 11.4 Å². The zero-order valence-corrected chi connectivity index (χ0v) is 15.3. The highest BCUT2D eigenvalue weighted by molar-refractivity contribution is 5.93. The Hall–Kier alpha value is -3.74. The SMILES string of the molecule is Cc1cccc(N(Cc2ccccc2)C(=O)Cn2cc([N+](=O)[O-])ccc2=O)c1. The molecule has 28 heavy (non-hydrogen) atoms. The number of nitrogens with zero attached hydrogens (tertiary/aromatic N) is 3. The first-order chi connectivity index (χ1) is 13.4. The standard InChI is InChI=1S/C21H19N3O4/c1-16-6-5-9-18(12-16)23(13-17-7-3-2-4-8-17)21(26)15-22-14-19(24(27)28)10-11-20(22)25/h2-12,14H,13,15H2,1H3. The van der Waals surface area contributed by atoms with Crippen molar-refractivity contribution in [2.75, 3.05) is 4.90 Å². The highest BCUT2D eigenvalue weighted by atomic mass is 16.6. The number of benzene rings is 2. The lowest BCUT2D eigenvalue weighted by atomic mass is 10.1. The normalized spacial score (nSPS) is 10.5. The van der Waals surface area contributed by atoms with Crippen LogP contribution >= 0.6 is 0 Å². The summed E-state index contributed by atoms with van der Waals surface area (Å²) in [5.74, 6) is -0.336. The van der Waals surface area contributed by atoms with Crippen molar-refractivity contribution in [2.45, 2.75) is 20.0 Å². The van der Waals surface area contributed by atoms with Gasteiger partial charge in [0.15, 0.2) is 0 Å². The lowest BCUT2D eigenvalue weighted by Gasteiger charge is -2.24. The topological polar surface area (TPSA) is 85.4 Å². The van der Waals surface area contributed by atoms with Gasteiger partial charge in [-0.05, 0) is 30.2 Å². The maximum absolute atomic E-state index is 13.1. The van der Waals surface area contributed by atoms with E-state index >= 15 is 0 Å². The number of pyridine rings is 1. The third-order valence-corrected chi connectivity index (χ3v) is 4.28. The average Bonchev–Trinajstić information content (AvgIpc) is 2.68. The van der Waals surface area contributed by atoms with Crippen LogP contribution in [0.1, 0.15) is 11.1 Å². The molecule has 142 valence electrons. The minimum Gasteiger partial charge on any atom is -0.306 e. The van der Waals surface area contributed by atoms with Crippen molar-refractivity contribution in [1.82, 2.24) is 4.57 Å². The van der Waals surface area contributed by atoms with Crippen LogP contribution in [0.15, 0.2) is 77.7 Å². The molecule has 0 radical (unpaired) electrons. The second-order valence-corrected chi connectivity index (χ2v) is 6.42. The number of aryl methyl sites for hydroxylation is 1. The molecule has 1 amide bonds. The van der Waals surface area contributed by atoms with E-state index in [9.17, 15) is 19.7 Å². The molecule has 0 fully saturated rings. The van der Waals surface area contributed by atoms with Gasteiger partial charge in [0.05, 0.1) is 17.7 Å². The molecule has 0 saturated carbocycles. The molecule has 0 saturated heterocycles. The fourth-order valence-electron chi connectivity index (χ4n) is 2.87. The Morgan fingerprint density at radius 2 is 1.82 bits per heavy atom. The van der Waals surface area contributed by atoms with Crippen LogP contribution in [0.5, 0.6) is 0 Å². The van der Waals surface area contributed by atoms with Crippen LogP contribution < -0.4 is 10.5 Å². The van der Waals surface area contributed by atoms with E-state index in [1.165, 1.54) is 0 Å². The van der Waals surface area contributed by atoms with Crippen molar-refractivity contribution in [3.05, 3.63) is 105 Å². The van der Waals surface area contributed by atoms with Gasteiger partial charge >= 0.3 is 0 Å². The third-order valence-electron chi connectivity index (χ3n) is 4.28. The molecule has 0 unspecified atom stereocenters. The molecule has 0 spiro atoms. The Kier molecular flexibility index (Phi) is 5.64. The zero-order chi connectivity index (χ0) is 20.1. The van der Waals surface area contributed by atoms with E-state index in [1.807, 2.05) is 61.5 Å². The predicted molar refractivity (Wildman–Crippen MR) is 106 cm³/mol. The monoisotopic (exact) mass is 377 g/mol. The number of hydrogen-bond acceptors (Lipinski definition) is 4. The summed E-state index contributed by atoms with van der Waals surface area (Å²) < 4.78 is 1.06. The maximum Gasteiger partial charge on any atom is 0.285 e. The summed E-state index contributed by atoms with van der Waals surface area (Å²) in [4.78, 5) is 37.1. The number of carbonyl (C=O) groups excluding carboxylic acids is 1. The van der Waals surface area contributed by atoms with Crippen LogP contribution in [0.3, 0.4) is 0 Å². The number of carbonyl (C=O) groups is 1. The summed E-state index contributed by atoms with van der Waals surface area (Å²) in [7, 11) is 0. The number of aromatic nitrogens is 1. The predicted octanol–water partition coefficient (Wildman–Crippen LogP) is 3.30. The van der Waals surface area contributed by atoms with Gasteiger partial charge in [0.25, 0.3) is 11.2 Å². The van der Waals surface area contributed by atoms with E-state index in [0.29, 0.717) is 12.2 Å². The van der Waals surface area contributed by atoms with Gasteiger partial charge < -0.3 is 4.90 Å². The van der Waals surface area contributed by atoms with Gasteiger partial charge in [-0.15, -0.1) is 0 Å². The van der Waals surface area contributed by atoms with Crippen molar-refractivity contribution in [3.63, 3.8) is 0 Å². The molecule has 0 atom stereocenters. The molecule has 0 aliphatic heterocycles. The number of anilines is 1. The summed E-state index contributed by atoms with van der Waals surface area (Å²) in [5.41, 5.74) is 1.92. The van der Waals surface area contributed by atoms with Crippen molar-refractivity contribution < 1.29 is 9.72 Å². The molecule has 2 aromatic carbocycles. The molecule has 0 bridgehead atoms. The molecule has 0 N–H and O–H groups in total. The highest BCUT2D eigenvalue weighted by Gasteiger charge is 2.19. The smallest absolute Gasteiger partial charge is 0.285 e. The average molecular weight is 377 g/mol. The Morgan fingerprint density at radius 1 is 1.07 bits per heavy atom. The number of amides is 1. The van der Waals surface area contributed by atoms with Crippen molar-refractivity contribution in [1.29, 1.82) is 0 Å². The van der Waals surface area contributed by atoms with Crippen LogP contribution in [0.2, 0.25) is 0 Å². The molecule has 7 nitrogen and oxygen atoms in total. The van der Waals surface area contributed by atoms with Crippen molar-refractivity contribution in [3.8, 4) is 0 Å². The molecular formula is C21H19N3O4. The Balaban J connectivity index is 1.94. The lowest BCUT2D eigenvalue weighted by Crippen LogP contribution is -2.36. The van der Waals surface area contributed by atoms with Crippen molar-refractivity contribution in [2.24, 2.45) is 0 Å². The Bertz CT molecular complexity index is 1060. The van der Waals surface area contributed by atoms with Gasteiger partial charge in [-0.1, -0.05) is 42.5 Å². The van der Waals surface area contributed by atoms with Gasteiger partial charge in [0.1, 0.15) is 6.54 Å². The van der Waals surface area contributed by atoms with Crippen molar-refractivity contribution >= 4 is 17.3 Å². The summed E-state index contributed by atoms with van der Waals surface area (Å²) >= 11 is 0. The van der Waals surface area contributed by atoms with Crippen LogP contribution in [-0.4, -0.2) is 15.4 Å². The second-order valence-electron chi connectivity index (χ2n) is 6.42. The van der Waals surface area contributed by atoms with E-state index < -0.39 is 10.5 Å². The zero-order valence-electron chi connectivity index (χ0n) is 15.3. The molecule has 0 aliphatic carbocycles. The van der Waals surface area contributed by atoms with E-state index in [0.717, 1.165) is 34.0 Å². The van der Waals surface area contributed by atoms with Crippen LogP contribution in [0.25, 0.3) is 0 Å². The first kappa shape index (κ1) is 19.0. The summed E-state index contributed by atoms with van der Waals surface area (Å²) in [6.45, 7) is 1.97. The fraction of sp³-hybridized carbons (Fsp3) is 0.143. The molecule has 3 aromatic rings. The van der Waals surface area contributed by atoms with Gasteiger partial charge in [-0.3, -0.25) is 24.3 Å². The molecule has 0 aliphatic rings. The van der Waals surface area contributed by atoms with E-state index in [2.05, 4.69) is 0 Å². The van der Waals surface area contributed by atoms with E-state index in [-0.39, 0.29) is 18.1 Å². The van der Waals surface area contributed by atoms with Crippen LogP contribution in [0, 0.1) is 17.0 Å². The largest absolute Gasteiger partial charge is 0.306 e. The quantitative estimate of drug-likeness (QED) is 0.487. The third kappa shape index (κ3) is 4.50.